The minimum atomic E-state index is 1.23. The Hall–Kier alpha value is -1.67. The third-order valence-electron chi connectivity index (χ3n) is 2.33. The van der Waals surface area contributed by atoms with Gasteiger partial charge in [0.2, 0.25) is 0 Å². The summed E-state index contributed by atoms with van der Waals surface area (Å²) in [6.45, 7) is 0. The van der Waals surface area contributed by atoms with E-state index in [2.05, 4.69) is 23.2 Å². The molecule has 2 heteroatoms. The highest BCUT2D eigenvalue weighted by Crippen LogP contribution is 2.32. The second-order valence-corrected chi connectivity index (χ2v) is 4.39. The zero-order valence-corrected chi connectivity index (χ0v) is 8.79. The van der Waals surface area contributed by atoms with E-state index in [1.807, 2.05) is 36.7 Å². The van der Waals surface area contributed by atoms with Gasteiger partial charge in [-0.2, -0.15) is 0 Å². The van der Waals surface area contributed by atoms with Crippen LogP contribution in [0.2, 0.25) is 0 Å². The van der Waals surface area contributed by atoms with E-state index in [0.29, 0.717) is 0 Å². The van der Waals surface area contributed by atoms with Gasteiger partial charge in [-0.1, -0.05) is 12.1 Å². The van der Waals surface area contributed by atoms with E-state index in [0.717, 1.165) is 0 Å². The molecule has 3 rings (SSSR count). The lowest BCUT2D eigenvalue weighted by Crippen LogP contribution is -1.71. The second-order valence-electron chi connectivity index (χ2n) is 3.31. The summed E-state index contributed by atoms with van der Waals surface area (Å²) in [5.41, 5.74) is 1.23. The lowest BCUT2D eigenvalue weighted by atomic mass is 10.2. The largest absolute Gasteiger partial charge is 0.265 e. The molecule has 0 saturated carbocycles. The molecule has 2 aromatic heterocycles. The minimum absolute atomic E-state index is 1.23. The van der Waals surface area contributed by atoms with Crippen molar-refractivity contribution in [2.24, 2.45) is 0 Å². The lowest BCUT2D eigenvalue weighted by molar-refractivity contribution is 1.33. The number of thiophene rings is 1. The zero-order chi connectivity index (χ0) is 10.1. The van der Waals surface area contributed by atoms with Gasteiger partial charge in [0.05, 0.1) is 0 Å². The number of hydrogen-bond acceptors (Lipinski definition) is 2. The molecule has 0 bridgehead atoms. The van der Waals surface area contributed by atoms with Crippen LogP contribution < -0.4 is 0 Å². The highest BCUT2D eigenvalue weighted by atomic mass is 32.1. The van der Waals surface area contributed by atoms with E-state index in [4.69, 9.17) is 0 Å². The highest BCUT2D eigenvalue weighted by molar-refractivity contribution is 7.22. The van der Waals surface area contributed by atoms with Gasteiger partial charge in [-0.3, -0.25) is 4.98 Å². The summed E-state index contributed by atoms with van der Waals surface area (Å²) in [5, 5.41) is 1.28. The van der Waals surface area contributed by atoms with Crippen LogP contribution in [0.4, 0.5) is 0 Å². The Labute approximate surface area is 92.0 Å². The maximum Gasteiger partial charge on any atom is 0.0356 e. The van der Waals surface area contributed by atoms with Gasteiger partial charge in [0.15, 0.2) is 0 Å². The molecule has 15 heavy (non-hydrogen) atoms. The first-order valence-corrected chi connectivity index (χ1v) is 5.55. The topological polar surface area (TPSA) is 12.9 Å². The highest BCUT2D eigenvalue weighted by Gasteiger charge is 2.02. The van der Waals surface area contributed by atoms with Crippen LogP contribution in [0.15, 0.2) is 48.8 Å². The van der Waals surface area contributed by atoms with Crippen molar-refractivity contribution in [2.45, 2.75) is 0 Å². The van der Waals surface area contributed by atoms with Crippen LogP contribution >= 0.6 is 11.3 Å². The Balaban J connectivity index is 2.21. The average molecular weight is 210 g/mol. The Morgan fingerprint density at radius 2 is 2.00 bits per heavy atom. The first-order chi connectivity index (χ1) is 7.43. The average Bonchev–Trinajstić information content (AvgIpc) is 2.74. The Kier molecular flexibility index (Phi) is 2.00. The van der Waals surface area contributed by atoms with Crippen LogP contribution in [0.5, 0.6) is 0 Å². The van der Waals surface area contributed by atoms with Crippen molar-refractivity contribution in [3.63, 3.8) is 0 Å². The summed E-state index contributed by atoms with van der Waals surface area (Å²) in [5.74, 6) is 0. The quantitative estimate of drug-likeness (QED) is 0.596. The number of pyridine rings is 1. The van der Waals surface area contributed by atoms with Gasteiger partial charge < -0.3 is 0 Å². The Bertz CT molecular complexity index is 551. The fraction of sp³-hybridized carbons (Fsp3) is 0. The van der Waals surface area contributed by atoms with Gasteiger partial charge in [-0.15, -0.1) is 11.3 Å². The predicted octanol–water partition coefficient (Wildman–Crippen LogP) is 3.76. The molecular formula is C13H8NS. The number of fused-ring (bicyclic) bond motifs is 1. The number of nitrogens with zero attached hydrogens (tertiary/aromatic N) is 1. The van der Waals surface area contributed by atoms with Crippen LogP contribution in [-0.4, -0.2) is 4.98 Å². The second kappa shape index (κ2) is 3.48. The van der Waals surface area contributed by atoms with Crippen LogP contribution in [0.1, 0.15) is 0 Å². The van der Waals surface area contributed by atoms with Gasteiger partial charge in [0, 0.05) is 22.0 Å². The standard InChI is InChI=1S/C13H8NS/c1-2-4-12-11(3-1)9-13(15-12)10-5-7-14-8-6-10/h1,3-9H. The Morgan fingerprint density at radius 1 is 1.13 bits per heavy atom. The summed E-state index contributed by atoms with van der Waals surface area (Å²) in [6, 6.07) is 15.5. The third kappa shape index (κ3) is 1.53. The molecule has 0 aliphatic heterocycles. The molecule has 3 aromatic rings. The van der Waals surface area contributed by atoms with E-state index in [-0.39, 0.29) is 0 Å². The summed E-state index contributed by atoms with van der Waals surface area (Å²) >= 11 is 1.79. The monoisotopic (exact) mass is 210 g/mol. The molecule has 0 amide bonds. The van der Waals surface area contributed by atoms with Crippen LogP contribution in [0.25, 0.3) is 20.5 Å². The Morgan fingerprint density at radius 3 is 2.80 bits per heavy atom. The van der Waals surface area contributed by atoms with Crippen LogP contribution in [0, 0.1) is 6.07 Å². The van der Waals surface area contributed by atoms with E-state index < -0.39 is 0 Å². The molecule has 0 saturated heterocycles. The summed E-state index contributed by atoms with van der Waals surface area (Å²) < 4.78 is 1.28. The van der Waals surface area contributed by atoms with Gasteiger partial charge in [-0.05, 0) is 41.3 Å². The number of aromatic nitrogens is 1. The smallest absolute Gasteiger partial charge is 0.0356 e. The zero-order valence-electron chi connectivity index (χ0n) is 7.97. The normalized spacial score (nSPS) is 10.7. The molecular weight excluding hydrogens is 202 g/mol. The van der Waals surface area contributed by atoms with E-state index in [9.17, 15) is 0 Å². The van der Waals surface area contributed by atoms with Crippen molar-refractivity contribution in [1.82, 2.24) is 4.98 Å². The van der Waals surface area contributed by atoms with E-state index >= 15 is 0 Å². The van der Waals surface area contributed by atoms with Crippen molar-refractivity contribution in [2.75, 3.05) is 0 Å². The maximum absolute atomic E-state index is 4.02. The fourth-order valence-corrected chi connectivity index (χ4v) is 2.63. The van der Waals surface area contributed by atoms with Gasteiger partial charge >= 0.3 is 0 Å². The summed E-state index contributed by atoms with van der Waals surface area (Å²) in [4.78, 5) is 5.31. The van der Waals surface area contributed by atoms with E-state index in [1.54, 1.807) is 11.3 Å². The molecule has 0 aliphatic rings. The number of rotatable bonds is 1. The SMILES string of the molecule is [c]1ccc2cc(-c3ccncc3)sc2c1. The first kappa shape index (κ1) is 8.62. The van der Waals surface area contributed by atoms with Crippen molar-refractivity contribution < 1.29 is 0 Å². The molecule has 0 fully saturated rings. The lowest BCUT2D eigenvalue weighted by Gasteiger charge is -1.93. The molecule has 0 aliphatic carbocycles. The fourth-order valence-electron chi connectivity index (χ4n) is 1.58. The predicted molar refractivity (Wildman–Crippen MR) is 63.9 cm³/mol. The maximum atomic E-state index is 4.02. The van der Waals surface area contributed by atoms with Crippen molar-refractivity contribution in [3.8, 4) is 10.4 Å². The third-order valence-corrected chi connectivity index (χ3v) is 3.48. The molecule has 0 spiro atoms. The summed E-state index contributed by atoms with van der Waals surface area (Å²) in [6.07, 6.45) is 3.65. The van der Waals surface area contributed by atoms with Crippen LogP contribution in [0.3, 0.4) is 0 Å². The van der Waals surface area contributed by atoms with Gasteiger partial charge in [0.1, 0.15) is 0 Å². The van der Waals surface area contributed by atoms with Gasteiger partial charge in [0.25, 0.3) is 0 Å². The van der Waals surface area contributed by atoms with Crippen molar-refractivity contribution in [1.29, 1.82) is 0 Å². The molecule has 1 radical (unpaired) electrons. The molecule has 1 nitrogen and oxygen atoms in total. The molecule has 1 aromatic carbocycles. The molecule has 0 unspecified atom stereocenters. The molecule has 71 valence electrons. The molecule has 0 atom stereocenters. The first-order valence-electron chi connectivity index (χ1n) is 4.73. The molecule has 2 heterocycles. The van der Waals surface area contributed by atoms with Crippen molar-refractivity contribution >= 4 is 21.4 Å². The summed E-state index contributed by atoms with van der Waals surface area (Å²) in [7, 11) is 0. The minimum Gasteiger partial charge on any atom is -0.265 e. The number of hydrogen-bond donors (Lipinski definition) is 0. The van der Waals surface area contributed by atoms with Crippen molar-refractivity contribution in [3.05, 3.63) is 54.9 Å². The van der Waals surface area contributed by atoms with Gasteiger partial charge in [-0.25, -0.2) is 0 Å². The van der Waals surface area contributed by atoms with E-state index in [1.165, 1.54) is 20.5 Å². The molecule has 0 N–H and O–H groups in total. The van der Waals surface area contributed by atoms with Crippen LogP contribution in [-0.2, 0) is 0 Å². The number of benzene rings is 1.